The molecular formula is C7Br4N. The van der Waals surface area contributed by atoms with Gasteiger partial charge in [0.15, 0.2) is 0 Å². The Balaban J connectivity index is 3.52. The van der Waals surface area contributed by atoms with Gasteiger partial charge in [0.1, 0.15) is 6.07 Å². The van der Waals surface area contributed by atoms with Crippen LogP contribution in [-0.2, 0) is 0 Å². The zero-order valence-electron chi connectivity index (χ0n) is 5.46. The largest absolute Gasteiger partial charge is 0.192 e. The number of nitriles is 1. The van der Waals surface area contributed by atoms with Gasteiger partial charge in [0.2, 0.25) is 0 Å². The van der Waals surface area contributed by atoms with E-state index in [2.05, 4.69) is 69.8 Å². The summed E-state index contributed by atoms with van der Waals surface area (Å²) < 4.78 is 3.09. The molecule has 0 unspecified atom stereocenters. The van der Waals surface area contributed by atoms with Crippen molar-refractivity contribution < 1.29 is 0 Å². The van der Waals surface area contributed by atoms with E-state index in [1.165, 1.54) is 0 Å². The first kappa shape index (κ1) is 10.7. The van der Waals surface area contributed by atoms with Gasteiger partial charge in [-0.3, -0.25) is 0 Å². The van der Waals surface area contributed by atoms with Crippen molar-refractivity contribution >= 4 is 63.7 Å². The van der Waals surface area contributed by atoms with Crippen LogP contribution in [0.15, 0.2) is 17.9 Å². The van der Waals surface area contributed by atoms with E-state index in [0.717, 1.165) is 13.4 Å². The van der Waals surface area contributed by atoms with Crippen molar-refractivity contribution in [1.82, 2.24) is 0 Å². The average Bonchev–Trinajstić information content (AvgIpc) is 2.08. The number of rotatable bonds is 0. The van der Waals surface area contributed by atoms with Crippen molar-refractivity contribution in [3.63, 3.8) is 0 Å². The molecule has 5 heteroatoms. The average molecular weight is 418 g/mol. The van der Waals surface area contributed by atoms with Gasteiger partial charge in [-0.05, 0) is 63.7 Å². The summed E-state index contributed by atoms with van der Waals surface area (Å²) in [6, 6.07) is 4.89. The first-order valence-corrected chi connectivity index (χ1v) is 5.90. The Morgan fingerprint density at radius 1 is 1.00 bits per heavy atom. The van der Waals surface area contributed by atoms with Gasteiger partial charge in [0, 0.05) is 19.5 Å². The molecule has 1 nitrogen and oxygen atoms in total. The predicted molar refractivity (Wildman–Crippen MR) is 60.8 cm³/mol. The highest BCUT2D eigenvalue weighted by Gasteiger charge is 2.11. The minimum absolute atomic E-state index is 0.469. The van der Waals surface area contributed by atoms with E-state index < -0.39 is 0 Å². The fraction of sp³-hybridized carbons (Fsp3) is 0. The summed E-state index contributed by atoms with van der Waals surface area (Å²) in [6.07, 6.45) is 0. The maximum atomic E-state index is 8.69. The van der Waals surface area contributed by atoms with Crippen molar-refractivity contribution in [3.05, 3.63) is 29.5 Å². The van der Waals surface area contributed by atoms with Gasteiger partial charge < -0.3 is 0 Å². The van der Waals surface area contributed by atoms with Gasteiger partial charge in [0.25, 0.3) is 0 Å². The fourth-order valence-corrected chi connectivity index (χ4v) is 2.61. The van der Waals surface area contributed by atoms with Crippen molar-refractivity contribution in [2.24, 2.45) is 0 Å². The van der Waals surface area contributed by atoms with Gasteiger partial charge >= 0.3 is 0 Å². The van der Waals surface area contributed by atoms with E-state index in [-0.39, 0.29) is 0 Å². The quantitative estimate of drug-likeness (QED) is 0.453. The normalized spacial score (nSPS) is 9.58. The summed E-state index contributed by atoms with van der Waals surface area (Å²) in [5.74, 6) is 0. The molecule has 1 aromatic carbocycles. The SMILES string of the molecule is N#Cc1[c]c(Br)c(Br)c(Br)c1Br. The summed E-state index contributed by atoms with van der Waals surface area (Å²) in [5.41, 5.74) is 0.469. The minimum Gasteiger partial charge on any atom is -0.192 e. The molecule has 0 saturated heterocycles. The number of halogens is 4. The van der Waals surface area contributed by atoms with Crippen LogP contribution >= 0.6 is 63.7 Å². The molecule has 0 heterocycles. The van der Waals surface area contributed by atoms with Crippen LogP contribution in [0.2, 0.25) is 0 Å². The summed E-state index contributed by atoms with van der Waals surface area (Å²) in [7, 11) is 0. The fourth-order valence-electron chi connectivity index (χ4n) is 0.599. The minimum atomic E-state index is 0.469. The van der Waals surface area contributed by atoms with Crippen molar-refractivity contribution in [3.8, 4) is 6.07 Å². The van der Waals surface area contributed by atoms with Gasteiger partial charge in [-0.2, -0.15) is 5.26 Å². The van der Waals surface area contributed by atoms with Crippen molar-refractivity contribution in [2.75, 3.05) is 0 Å². The molecule has 1 aromatic rings. The standard InChI is InChI=1S/C7Br4N/c8-4-1-3(2-12)5(9)7(11)6(4)10. The van der Waals surface area contributed by atoms with Gasteiger partial charge in [-0.25, -0.2) is 0 Å². The van der Waals surface area contributed by atoms with Crippen LogP contribution in [0, 0.1) is 17.4 Å². The molecule has 0 spiro atoms. The summed E-state index contributed by atoms with van der Waals surface area (Å²) >= 11 is 13.2. The van der Waals surface area contributed by atoms with Gasteiger partial charge in [0.05, 0.1) is 10.0 Å². The van der Waals surface area contributed by atoms with Crippen LogP contribution in [0.5, 0.6) is 0 Å². The number of benzene rings is 1. The smallest absolute Gasteiger partial charge is 0.101 e. The lowest BCUT2D eigenvalue weighted by Crippen LogP contribution is -1.83. The highest BCUT2D eigenvalue weighted by molar-refractivity contribution is 9.15. The third-order valence-corrected chi connectivity index (χ3v) is 5.71. The Morgan fingerprint density at radius 2 is 1.58 bits per heavy atom. The van der Waals surface area contributed by atoms with E-state index in [9.17, 15) is 0 Å². The molecule has 0 saturated carbocycles. The molecule has 0 atom stereocenters. The highest BCUT2D eigenvalue weighted by atomic mass is 79.9. The van der Waals surface area contributed by atoms with Crippen LogP contribution in [-0.4, -0.2) is 0 Å². The van der Waals surface area contributed by atoms with Crippen LogP contribution < -0.4 is 0 Å². The number of hydrogen-bond acceptors (Lipinski definition) is 1. The summed E-state index contributed by atoms with van der Waals surface area (Å²) in [6.45, 7) is 0. The molecule has 0 aliphatic heterocycles. The lowest BCUT2D eigenvalue weighted by molar-refractivity contribution is 1.40. The molecule has 61 valence electrons. The second kappa shape index (κ2) is 4.23. The predicted octanol–water partition coefficient (Wildman–Crippen LogP) is 4.41. The molecule has 1 radical (unpaired) electrons. The highest BCUT2D eigenvalue weighted by Crippen LogP contribution is 2.38. The van der Waals surface area contributed by atoms with Crippen LogP contribution in [0.25, 0.3) is 0 Å². The third-order valence-electron chi connectivity index (χ3n) is 1.14. The summed E-state index contributed by atoms with van der Waals surface area (Å²) in [4.78, 5) is 0. The molecule has 0 fully saturated rings. The molecule has 0 aromatic heterocycles. The monoisotopic (exact) mass is 414 g/mol. The first-order valence-electron chi connectivity index (χ1n) is 2.73. The Kier molecular flexibility index (Phi) is 3.77. The lowest BCUT2D eigenvalue weighted by atomic mass is 10.2. The summed E-state index contributed by atoms with van der Waals surface area (Å²) in [5, 5.41) is 8.69. The molecule has 0 N–H and O–H groups in total. The first-order chi connectivity index (χ1) is 5.57. The van der Waals surface area contributed by atoms with E-state index in [4.69, 9.17) is 5.26 Å². The Hall–Kier alpha value is 0.630. The lowest BCUT2D eigenvalue weighted by Gasteiger charge is -2.03. The number of hydrogen-bond donors (Lipinski definition) is 0. The van der Waals surface area contributed by atoms with Crippen LogP contribution in [0.3, 0.4) is 0 Å². The number of nitrogens with zero attached hydrogens (tertiary/aromatic N) is 1. The Labute approximate surface area is 104 Å². The Bertz CT molecular complexity index is 367. The topological polar surface area (TPSA) is 23.8 Å². The maximum absolute atomic E-state index is 8.69. The molecule has 0 amide bonds. The molecule has 0 bridgehead atoms. The van der Waals surface area contributed by atoms with Crippen molar-refractivity contribution in [2.45, 2.75) is 0 Å². The molecule has 12 heavy (non-hydrogen) atoms. The van der Waals surface area contributed by atoms with Crippen molar-refractivity contribution in [1.29, 1.82) is 5.26 Å². The van der Waals surface area contributed by atoms with E-state index in [1.807, 2.05) is 6.07 Å². The second-order valence-corrected chi connectivity index (χ2v) is 5.04. The molecule has 0 aliphatic rings. The molecule has 0 aliphatic carbocycles. The van der Waals surface area contributed by atoms with Gasteiger partial charge in [-0.1, -0.05) is 0 Å². The maximum Gasteiger partial charge on any atom is 0.101 e. The zero-order chi connectivity index (χ0) is 9.30. The second-order valence-electron chi connectivity index (χ2n) is 1.87. The van der Waals surface area contributed by atoms with E-state index in [1.54, 1.807) is 0 Å². The van der Waals surface area contributed by atoms with Crippen LogP contribution in [0.1, 0.15) is 5.56 Å². The third kappa shape index (κ3) is 1.92. The molecular weight excluding hydrogens is 418 g/mol. The Morgan fingerprint density at radius 3 is 2.08 bits per heavy atom. The van der Waals surface area contributed by atoms with E-state index >= 15 is 0 Å². The zero-order valence-corrected chi connectivity index (χ0v) is 11.8. The molecule has 1 rings (SSSR count). The van der Waals surface area contributed by atoms with Crippen LogP contribution in [0.4, 0.5) is 0 Å². The van der Waals surface area contributed by atoms with Gasteiger partial charge in [-0.15, -0.1) is 0 Å². The van der Waals surface area contributed by atoms with E-state index in [0.29, 0.717) is 10.0 Å².